The molecule has 0 radical (unpaired) electrons. The Labute approximate surface area is 230 Å². The molecule has 0 amide bonds. The van der Waals surface area contributed by atoms with E-state index < -0.39 is 0 Å². The summed E-state index contributed by atoms with van der Waals surface area (Å²) in [5, 5.41) is 0. The Morgan fingerprint density at radius 1 is 0.632 bits per heavy atom. The highest BCUT2D eigenvalue weighted by Crippen LogP contribution is 2.13. The molecule has 0 N–H and O–H groups in total. The highest BCUT2D eigenvalue weighted by Gasteiger charge is 2.13. The first kappa shape index (κ1) is 37.4. The van der Waals surface area contributed by atoms with E-state index in [-0.39, 0.29) is 52.6 Å². The highest BCUT2D eigenvalue weighted by atomic mass is 16.5. The minimum absolute atomic E-state index is 0.00370. The number of methoxy groups -OCH3 is 1. The standard InChI is InChI=1S/C14H18O2.C10H16O2.C8H16O2/c1-9(2)13(15)11-5-7-12(8-6-11)14(16)10(3)4;1-7(2)9(11)5-6-10(12)8(3)4;1-8(9)6-4-3-5-7-10-2/h5-10H,1-4H3;5-8H,1-4H3;3-7H2,1-2H3/b;6-5+;. The van der Waals surface area contributed by atoms with Gasteiger partial charge in [0.15, 0.2) is 23.1 Å². The summed E-state index contributed by atoms with van der Waals surface area (Å²) in [5.74, 6) is 0.457. The van der Waals surface area contributed by atoms with Crippen molar-refractivity contribution in [2.24, 2.45) is 23.7 Å². The third-order valence-corrected chi connectivity index (χ3v) is 5.43. The topological polar surface area (TPSA) is 94.6 Å². The maximum Gasteiger partial charge on any atom is 0.165 e. The van der Waals surface area contributed by atoms with Crippen LogP contribution in [0.5, 0.6) is 0 Å². The molecule has 1 aromatic carbocycles. The van der Waals surface area contributed by atoms with E-state index >= 15 is 0 Å². The van der Waals surface area contributed by atoms with Crippen molar-refractivity contribution >= 4 is 28.9 Å². The average Bonchev–Trinajstić information content (AvgIpc) is 2.86. The lowest BCUT2D eigenvalue weighted by molar-refractivity contribution is -0.119. The Hall–Kier alpha value is -2.73. The summed E-state index contributed by atoms with van der Waals surface area (Å²) in [6.45, 7) is 17.2. The Bertz CT molecular complexity index is 828. The van der Waals surface area contributed by atoms with Crippen molar-refractivity contribution in [3.63, 3.8) is 0 Å². The molecule has 0 aliphatic carbocycles. The van der Waals surface area contributed by atoms with Gasteiger partial charge in [0.05, 0.1) is 0 Å². The number of rotatable bonds is 14. The van der Waals surface area contributed by atoms with E-state index in [4.69, 9.17) is 4.74 Å². The van der Waals surface area contributed by atoms with Gasteiger partial charge >= 0.3 is 0 Å². The Balaban J connectivity index is 0. The lowest BCUT2D eigenvalue weighted by atomic mass is 9.96. The van der Waals surface area contributed by atoms with Crippen LogP contribution in [0, 0.1) is 23.7 Å². The first-order valence-corrected chi connectivity index (χ1v) is 13.6. The van der Waals surface area contributed by atoms with Crippen molar-refractivity contribution < 1.29 is 28.7 Å². The van der Waals surface area contributed by atoms with Gasteiger partial charge in [-0.2, -0.15) is 0 Å². The van der Waals surface area contributed by atoms with E-state index in [1.807, 2.05) is 55.4 Å². The molecule has 0 aliphatic heterocycles. The lowest BCUT2D eigenvalue weighted by Gasteiger charge is -2.06. The zero-order valence-electron chi connectivity index (χ0n) is 25.3. The summed E-state index contributed by atoms with van der Waals surface area (Å²) in [6, 6.07) is 6.94. The number of ketones is 5. The molecule has 0 bridgehead atoms. The van der Waals surface area contributed by atoms with Gasteiger partial charge in [-0.25, -0.2) is 0 Å². The summed E-state index contributed by atoms with van der Waals surface area (Å²) in [7, 11) is 1.70. The molecule has 0 aliphatic rings. The van der Waals surface area contributed by atoms with Crippen LogP contribution in [0.2, 0.25) is 0 Å². The van der Waals surface area contributed by atoms with Gasteiger partial charge in [-0.3, -0.25) is 19.2 Å². The number of hydrogen-bond donors (Lipinski definition) is 0. The van der Waals surface area contributed by atoms with E-state index in [9.17, 15) is 24.0 Å². The van der Waals surface area contributed by atoms with Crippen LogP contribution in [0.3, 0.4) is 0 Å². The van der Waals surface area contributed by atoms with E-state index in [0.29, 0.717) is 11.1 Å². The third kappa shape index (κ3) is 18.5. The zero-order chi connectivity index (χ0) is 29.8. The van der Waals surface area contributed by atoms with Gasteiger partial charge in [0.25, 0.3) is 0 Å². The molecule has 0 spiro atoms. The molecule has 0 saturated carbocycles. The van der Waals surface area contributed by atoms with E-state index in [1.54, 1.807) is 38.3 Å². The van der Waals surface area contributed by atoms with E-state index in [2.05, 4.69) is 0 Å². The van der Waals surface area contributed by atoms with E-state index in [1.165, 1.54) is 12.2 Å². The van der Waals surface area contributed by atoms with Crippen LogP contribution in [0.25, 0.3) is 0 Å². The Kier molecular flexibility index (Phi) is 20.9. The first-order chi connectivity index (χ1) is 17.6. The number of allylic oxidation sites excluding steroid dienone is 2. The lowest BCUT2D eigenvalue weighted by Crippen LogP contribution is -2.10. The number of benzene rings is 1. The molecule has 0 unspecified atom stereocenters. The zero-order valence-corrected chi connectivity index (χ0v) is 25.3. The normalized spacial score (nSPS) is 10.8. The summed E-state index contributed by atoms with van der Waals surface area (Å²) in [6.07, 6.45) is 6.65. The van der Waals surface area contributed by atoms with Crippen molar-refractivity contribution in [1.82, 2.24) is 0 Å². The molecule has 0 saturated heterocycles. The summed E-state index contributed by atoms with van der Waals surface area (Å²) >= 11 is 0. The van der Waals surface area contributed by atoms with Gasteiger partial charge in [0, 0.05) is 54.9 Å². The molecule has 0 fully saturated rings. The molecule has 6 heteroatoms. The monoisotopic (exact) mass is 530 g/mol. The maximum atomic E-state index is 11.7. The minimum Gasteiger partial charge on any atom is -0.385 e. The van der Waals surface area contributed by atoms with Gasteiger partial charge in [-0.15, -0.1) is 0 Å². The Morgan fingerprint density at radius 2 is 1.00 bits per heavy atom. The van der Waals surface area contributed by atoms with Crippen LogP contribution in [-0.2, 0) is 19.1 Å². The SMILES string of the molecule is CC(C)C(=O)/C=C/C(=O)C(C)C.CC(C)C(=O)c1ccc(C(=O)C(C)C)cc1.COCCCCCC(C)=O. The van der Waals surface area contributed by atoms with Crippen molar-refractivity contribution in [2.75, 3.05) is 13.7 Å². The fourth-order valence-corrected chi connectivity index (χ4v) is 2.81. The fourth-order valence-electron chi connectivity index (χ4n) is 2.81. The molecule has 0 atom stereocenters. The fraction of sp³-hybridized carbons (Fsp3) is 0.594. The summed E-state index contributed by atoms with van der Waals surface area (Å²) in [4.78, 5) is 55.9. The molecule has 1 rings (SSSR count). The van der Waals surface area contributed by atoms with Crippen LogP contribution in [0.4, 0.5) is 0 Å². The summed E-state index contributed by atoms with van der Waals surface area (Å²) < 4.78 is 4.86. The van der Waals surface area contributed by atoms with Crippen LogP contribution < -0.4 is 0 Å². The second kappa shape index (κ2) is 21.2. The van der Waals surface area contributed by atoms with Crippen molar-refractivity contribution in [3.05, 3.63) is 47.5 Å². The van der Waals surface area contributed by atoms with E-state index in [0.717, 1.165) is 32.3 Å². The molecule has 214 valence electrons. The summed E-state index contributed by atoms with van der Waals surface area (Å²) in [5.41, 5.74) is 1.35. The van der Waals surface area contributed by atoms with Crippen molar-refractivity contribution in [2.45, 2.75) is 88.0 Å². The number of unbranched alkanes of at least 4 members (excludes halogenated alkanes) is 2. The molecular weight excluding hydrogens is 480 g/mol. The molecule has 0 heterocycles. The highest BCUT2D eigenvalue weighted by molar-refractivity contribution is 6.01. The average molecular weight is 531 g/mol. The molecule has 1 aromatic rings. The second-order valence-electron chi connectivity index (χ2n) is 10.6. The second-order valence-corrected chi connectivity index (χ2v) is 10.6. The van der Waals surface area contributed by atoms with Gasteiger partial charge in [0.2, 0.25) is 0 Å². The van der Waals surface area contributed by atoms with Gasteiger partial charge in [-0.05, 0) is 31.9 Å². The number of Topliss-reactive ketones (excluding diaryl/α,β-unsaturated/α-hetero) is 3. The molecular formula is C32H50O6. The van der Waals surface area contributed by atoms with Crippen molar-refractivity contribution in [3.8, 4) is 0 Å². The van der Waals surface area contributed by atoms with Crippen molar-refractivity contribution in [1.29, 1.82) is 0 Å². The third-order valence-electron chi connectivity index (χ3n) is 5.43. The van der Waals surface area contributed by atoms with Crippen LogP contribution >= 0.6 is 0 Å². The first-order valence-electron chi connectivity index (χ1n) is 13.6. The number of ether oxygens (including phenoxy) is 1. The van der Waals surface area contributed by atoms with Crippen LogP contribution in [0.15, 0.2) is 36.4 Å². The molecule has 0 aromatic heterocycles. The van der Waals surface area contributed by atoms with Gasteiger partial charge in [0.1, 0.15) is 5.78 Å². The Morgan fingerprint density at radius 3 is 1.26 bits per heavy atom. The maximum absolute atomic E-state index is 11.7. The smallest absolute Gasteiger partial charge is 0.165 e. The van der Waals surface area contributed by atoms with Crippen LogP contribution in [0.1, 0.15) is 109 Å². The molecule has 6 nitrogen and oxygen atoms in total. The van der Waals surface area contributed by atoms with Gasteiger partial charge < -0.3 is 9.53 Å². The number of hydrogen-bond acceptors (Lipinski definition) is 6. The quantitative estimate of drug-likeness (QED) is 0.144. The number of carbonyl (C=O) groups excluding carboxylic acids is 5. The minimum atomic E-state index is -0.0267. The predicted octanol–water partition coefficient (Wildman–Crippen LogP) is 7.14. The van der Waals surface area contributed by atoms with Gasteiger partial charge in [-0.1, -0.05) is 86.1 Å². The number of carbonyl (C=O) groups is 5. The van der Waals surface area contributed by atoms with Crippen LogP contribution in [-0.4, -0.2) is 42.6 Å². The molecule has 38 heavy (non-hydrogen) atoms. The largest absolute Gasteiger partial charge is 0.385 e. The predicted molar refractivity (Wildman–Crippen MR) is 155 cm³/mol.